The summed E-state index contributed by atoms with van der Waals surface area (Å²) >= 11 is 6.29. The minimum atomic E-state index is -0.533. The first-order valence-corrected chi connectivity index (χ1v) is 11.2. The Morgan fingerprint density at radius 3 is 1.94 bits per heavy atom. The summed E-state index contributed by atoms with van der Waals surface area (Å²) in [6, 6.07) is 16.9. The van der Waals surface area contributed by atoms with Crippen LogP contribution >= 0.6 is 11.6 Å². The maximum absolute atomic E-state index is 11.0. The molecule has 0 fully saturated rings. The number of alkyl halides is 1. The average Bonchev–Trinajstić information content (AvgIpc) is 3.35. The molecule has 0 saturated carbocycles. The van der Waals surface area contributed by atoms with Crippen LogP contribution in [-0.4, -0.2) is 52.1 Å². The van der Waals surface area contributed by atoms with E-state index in [9.17, 15) is 9.59 Å². The monoisotopic (exact) mass is 485 g/mol. The van der Waals surface area contributed by atoms with Gasteiger partial charge < -0.3 is 20.9 Å². The molecule has 180 valence electrons. The van der Waals surface area contributed by atoms with E-state index in [1.165, 1.54) is 0 Å². The number of amides is 2. The van der Waals surface area contributed by atoms with Crippen molar-refractivity contribution in [3.05, 3.63) is 78.1 Å². The average molecular weight is 486 g/mol. The molecule has 1 atom stereocenters. The number of benzene rings is 2. The quantitative estimate of drug-likeness (QED) is 0.337. The lowest BCUT2D eigenvalue weighted by atomic mass is 10.1. The van der Waals surface area contributed by atoms with Gasteiger partial charge in [0.15, 0.2) is 13.2 Å². The zero-order chi connectivity index (χ0) is 24.3. The van der Waals surface area contributed by atoms with Crippen molar-refractivity contribution in [2.24, 2.45) is 11.5 Å². The third kappa shape index (κ3) is 8.09. The van der Waals surface area contributed by atoms with Crippen LogP contribution in [0.15, 0.2) is 67.0 Å². The highest BCUT2D eigenvalue weighted by Crippen LogP contribution is 2.21. The predicted octanol–water partition coefficient (Wildman–Crippen LogP) is 2.09. The van der Waals surface area contributed by atoms with E-state index < -0.39 is 11.8 Å². The van der Waals surface area contributed by atoms with Gasteiger partial charge in [0.25, 0.3) is 11.8 Å². The van der Waals surface area contributed by atoms with Crippen LogP contribution in [0.4, 0.5) is 0 Å². The summed E-state index contributed by atoms with van der Waals surface area (Å²) in [5, 5.41) is 4.34. The lowest BCUT2D eigenvalue weighted by molar-refractivity contribution is -0.120. The zero-order valence-corrected chi connectivity index (χ0v) is 19.4. The summed E-state index contributed by atoms with van der Waals surface area (Å²) in [7, 11) is 0. The fourth-order valence-electron chi connectivity index (χ4n) is 3.48. The van der Waals surface area contributed by atoms with Gasteiger partial charge >= 0.3 is 0 Å². The van der Waals surface area contributed by atoms with Gasteiger partial charge in [-0.2, -0.15) is 5.10 Å². The summed E-state index contributed by atoms with van der Waals surface area (Å²) < 4.78 is 12.7. The van der Waals surface area contributed by atoms with Gasteiger partial charge in [-0.25, -0.2) is 0 Å². The lowest BCUT2D eigenvalue weighted by Crippen LogP contribution is -2.31. The first-order chi connectivity index (χ1) is 16.4. The van der Waals surface area contributed by atoms with Gasteiger partial charge in [-0.1, -0.05) is 24.3 Å². The molecule has 9 nitrogen and oxygen atoms in total. The van der Waals surface area contributed by atoms with Crippen LogP contribution in [0.2, 0.25) is 0 Å². The van der Waals surface area contributed by atoms with Crippen LogP contribution in [0.1, 0.15) is 17.2 Å². The first-order valence-electron chi connectivity index (χ1n) is 10.7. The maximum Gasteiger partial charge on any atom is 0.255 e. The number of ether oxygens (including phenoxy) is 2. The van der Waals surface area contributed by atoms with Crippen LogP contribution in [0.25, 0.3) is 0 Å². The minimum absolute atomic E-state index is 0.0414. The second-order valence-corrected chi connectivity index (χ2v) is 8.08. The molecular formula is C24H28ClN5O4. The molecule has 0 aliphatic heterocycles. The summed E-state index contributed by atoms with van der Waals surface area (Å²) in [4.78, 5) is 24.3. The molecule has 0 bridgehead atoms. The van der Waals surface area contributed by atoms with Crippen LogP contribution in [0, 0.1) is 0 Å². The second kappa shape index (κ2) is 12.6. The van der Waals surface area contributed by atoms with Crippen molar-refractivity contribution in [2.45, 2.75) is 19.1 Å². The van der Waals surface area contributed by atoms with Crippen molar-refractivity contribution in [1.29, 1.82) is 0 Å². The molecule has 0 spiro atoms. The molecule has 0 aliphatic carbocycles. The van der Waals surface area contributed by atoms with E-state index in [0.29, 0.717) is 37.0 Å². The van der Waals surface area contributed by atoms with Crippen LogP contribution in [0.5, 0.6) is 11.5 Å². The number of hydrogen-bond donors (Lipinski definition) is 2. The van der Waals surface area contributed by atoms with E-state index in [0.717, 1.165) is 11.1 Å². The van der Waals surface area contributed by atoms with Gasteiger partial charge in [-0.05, 0) is 41.5 Å². The molecule has 1 heterocycles. The normalized spacial score (nSPS) is 11.8. The molecular weight excluding hydrogens is 458 g/mol. The van der Waals surface area contributed by atoms with E-state index >= 15 is 0 Å². The van der Waals surface area contributed by atoms with Gasteiger partial charge in [0.1, 0.15) is 11.5 Å². The second-order valence-electron chi connectivity index (χ2n) is 7.77. The Labute approximate surface area is 203 Å². The Balaban J connectivity index is 1.78. The van der Waals surface area contributed by atoms with Crippen molar-refractivity contribution in [1.82, 2.24) is 14.7 Å². The predicted molar refractivity (Wildman–Crippen MR) is 128 cm³/mol. The van der Waals surface area contributed by atoms with Gasteiger partial charge in [0.2, 0.25) is 0 Å². The fraction of sp³-hybridized carbons (Fsp3) is 0.292. The molecule has 3 aromatic rings. The largest absolute Gasteiger partial charge is 0.484 e. The zero-order valence-electron chi connectivity index (χ0n) is 18.7. The van der Waals surface area contributed by atoms with E-state index in [4.69, 9.17) is 32.5 Å². The third-order valence-electron chi connectivity index (χ3n) is 4.92. The SMILES string of the molecule is NC(=O)COc1cccc(CN(Cc2cccc(OCC(N)=O)c2)CC(CCl)n2cccn2)c1. The Hall–Kier alpha value is -3.56. The highest BCUT2D eigenvalue weighted by atomic mass is 35.5. The molecule has 2 aromatic carbocycles. The highest BCUT2D eigenvalue weighted by Gasteiger charge is 2.17. The molecule has 2 amide bonds. The number of rotatable bonds is 14. The highest BCUT2D eigenvalue weighted by molar-refractivity contribution is 6.18. The minimum Gasteiger partial charge on any atom is -0.484 e. The smallest absolute Gasteiger partial charge is 0.255 e. The Bertz CT molecular complexity index is 1010. The molecule has 0 saturated heterocycles. The van der Waals surface area contributed by atoms with E-state index in [1.54, 1.807) is 18.3 Å². The van der Waals surface area contributed by atoms with Crippen LogP contribution in [0.3, 0.4) is 0 Å². The molecule has 0 aliphatic rings. The van der Waals surface area contributed by atoms with Gasteiger partial charge in [0, 0.05) is 37.9 Å². The van der Waals surface area contributed by atoms with Crippen LogP contribution in [-0.2, 0) is 22.7 Å². The Morgan fingerprint density at radius 1 is 0.941 bits per heavy atom. The standard InChI is InChI=1S/C24H28ClN5O4/c25-12-20(30-9-3-8-28-30)15-29(13-18-4-1-6-21(10-18)33-16-23(26)31)14-19-5-2-7-22(11-19)34-17-24(27)32/h1-11,20H,12-17H2,(H2,26,31)(H2,27,32). The Kier molecular flexibility index (Phi) is 9.30. The van der Waals surface area contributed by atoms with E-state index in [1.807, 2.05) is 53.3 Å². The van der Waals surface area contributed by atoms with Crippen molar-refractivity contribution in [3.63, 3.8) is 0 Å². The van der Waals surface area contributed by atoms with E-state index in [2.05, 4.69) is 10.00 Å². The molecule has 0 radical (unpaired) electrons. The number of nitrogens with zero attached hydrogens (tertiary/aromatic N) is 3. The first kappa shape index (κ1) is 25.1. The van der Waals surface area contributed by atoms with Crippen molar-refractivity contribution in [2.75, 3.05) is 25.6 Å². The molecule has 4 N–H and O–H groups in total. The van der Waals surface area contributed by atoms with E-state index in [-0.39, 0.29) is 19.3 Å². The third-order valence-corrected chi connectivity index (χ3v) is 5.27. The number of nitrogens with two attached hydrogens (primary N) is 2. The molecule has 1 aromatic heterocycles. The van der Waals surface area contributed by atoms with Gasteiger partial charge in [-0.15, -0.1) is 11.6 Å². The number of carbonyl (C=O) groups is 2. The van der Waals surface area contributed by atoms with Gasteiger partial charge in [0.05, 0.1) is 6.04 Å². The van der Waals surface area contributed by atoms with Gasteiger partial charge in [-0.3, -0.25) is 19.2 Å². The Morgan fingerprint density at radius 2 is 1.50 bits per heavy atom. The maximum atomic E-state index is 11.0. The summed E-state index contributed by atoms with van der Waals surface area (Å²) in [6.45, 7) is 1.45. The van der Waals surface area contributed by atoms with Crippen molar-refractivity contribution >= 4 is 23.4 Å². The molecule has 1 unspecified atom stereocenters. The number of hydrogen-bond acceptors (Lipinski definition) is 6. The van der Waals surface area contributed by atoms with Crippen molar-refractivity contribution in [3.8, 4) is 11.5 Å². The number of carbonyl (C=O) groups excluding carboxylic acids is 2. The number of aromatic nitrogens is 2. The number of halogens is 1. The molecule has 3 rings (SSSR count). The van der Waals surface area contributed by atoms with Crippen LogP contribution < -0.4 is 20.9 Å². The fourth-order valence-corrected chi connectivity index (χ4v) is 3.71. The summed E-state index contributed by atoms with van der Waals surface area (Å²) in [5.74, 6) is 0.462. The topological polar surface area (TPSA) is 126 Å². The summed E-state index contributed by atoms with van der Waals surface area (Å²) in [6.07, 6.45) is 3.62. The molecule has 10 heteroatoms. The lowest BCUT2D eigenvalue weighted by Gasteiger charge is -2.27. The molecule has 34 heavy (non-hydrogen) atoms. The van der Waals surface area contributed by atoms with Crippen molar-refractivity contribution < 1.29 is 19.1 Å². The summed E-state index contributed by atoms with van der Waals surface area (Å²) in [5.41, 5.74) is 12.4. The number of primary amides is 2.